The highest BCUT2D eigenvalue weighted by Crippen LogP contribution is 2.23. The molecule has 0 N–H and O–H groups in total. The van der Waals surface area contributed by atoms with Gasteiger partial charge in [0.2, 0.25) is 0 Å². The van der Waals surface area contributed by atoms with E-state index in [1.807, 2.05) is 5.38 Å². The van der Waals surface area contributed by atoms with Gasteiger partial charge in [-0.05, 0) is 12.1 Å². The van der Waals surface area contributed by atoms with E-state index in [2.05, 4.69) is 4.98 Å². The SMILES string of the molecule is COc1cc(OC)cc(C(=O)N(C)Cc2nccs2)c1. The van der Waals surface area contributed by atoms with Gasteiger partial charge in [0, 0.05) is 30.3 Å². The molecule has 1 amide bonds. The maximum Gasteiger partial charge on any atom is 0.254 e. The predicted octanol–water partition coefficient (Wildman–Crippen LogP) is 2.43. The van der Waals surface area contributed by atoms with Crippen LogP contribution in [0, 0.1) is 0 Å². The van der Waals surface area contributed by atoms with Crippen molar-refractivity contribution in [3.63, 3.8) is 0 Å². The second kappa shape index (κ2) is 6.38. The fraction of sp³-hybridized carbons (Fsp3) is 0.286. The molecule has 1 aromatic heterocycles. The molecule has 2 rings (SSSR count). The van der Waals surface area contributed by atoms with Crippen LogP contribution in [0.5, 0.6) is 11.5 Å². The highest BCUT2D eigenvalue weighted by molar-refractivity contribution is 7.09. The topological polar surface area (TPSA) is 51.7 Å². The van der Waals surface area contributed by atoms with Crippen molar-refractivity contribution in [3.05, 3.63) is 40.3 Å². The van der Waals surface area contributed by atoms with Crippen molar-refractivity contribution >= 4 is 17.2 Å². The number of methoxy groups -OCH3 is 2. The quantitative estimate of drug-likeness (QED) is 0.849. The van der Waals surface area contributed by atoms with Gasteiger partial charge in [-0.15, -0.1) is 11.3 Å². The van der Waals surface area contributed by atoms with E-state index in [9.17, 15) is 4.79 Å². The number of ether oxygens (including phenoxy) is 2. The summed E-state index contributed by atoms with van der Waals surface area (Å²) in [4.78, 5) is 18.2. The second-order valence-electron chi connectivity index (χ2n) is 4.19. The Morgan fingerprint density at radius 1 is 1.25 bits per heavy atom. The first-order valence-corrected chi connectivity index (χ1v) is 6.89. The van der Waals surface area contributed by atoms with Crippen LogP contribution in [0.15, 0.2) is 29.8 Å². The van der Waals surface area contributed by atoms with E-state index < -0.39 is 0 Å². The van der Waals surface area contributed by atoms with Crippen LogP contribution in [0.1, 0.15) is 15.4 Å². The third-order valence-corrected chi connectivity index (χ3v) is 3.57. The molecule has 0 bridgehead atoms. The van der Waals surface area contributed by atoms with Crippen molar-refractivity contribution in [1.82, 2.24) is 9.88 Å². The number of hydrogen-bond acceptors (Lipinski definition) is 5. The van der Waals surface area contributed by atoms with Crippen molar-refractivity contribution in [2.75, 3.05) is 21.3 Å². The van der Waals surface area contributed by atoms with Crippen LogP contribution in [-0.4, -0.2) is 37.1 Å². The minimum Gasteiger partial charge on any atom is -0.497 e. The zero-order chi connectivity index (χ0) is 14.5. The molecule has 0 fully saturated rings. The summed E-state index contributed by atoms with van der Waals surface area (Å²) in [6.07, 6.45) is 1.73. The number of nitrogens with zero attached hydrogens (tertiary/aromatic N) is 2. The van der Waals surface area contributed by atoms with Crippen molar-refractivity contribution in [2.45, 2.75) is 6.54 Å². The van der Waals surface area contributed by atoms with Gasteiger partial charge in [-0.2, -0.15) is 0 Å². The third kappa shape index (κ3) is 3.27. The Labute approximate surface area is 121 Å². The van der Waals surface area contributed by atoms with Gasteiger partial charge >= 0.3 is 0 Å². The molecule has 106 valence electrons. The first-order valence-electron chi connectivity index (χ1n) is 6.01. The van der Waals surface area contributed by atoms with Crippen molar-refractivity contribution in [3.8, 4) is 11.5 Å². The largest absolute Gasteiger partial charge is 0.497 e. The van der Waals surface area contributed by atoms with Crippen LogP contribution in [0.25, 0.3) is 0 Å². The van der Waals surface area contributed by atoms with E-state index in [0.717, 1.165) is 5.01 Å². The molecule has 0 aliphatic rings. The highest BCUT2D eigenvalue weighted by Gasteiger charge is 2.15. The molecule has 0 saturated heterocycles. The molecule has 0 atom stereocenters. The molecule has 1 heterocycles. The van der Waals surface area contributed by atoms with Crippen LogP contribution < -0.4 is 9.47 Å². The van der Waals surface area contributed by atoms with Crippen LogP contribution >= 0.6 is 11.3 Å². The molecule has 0 aliphatic carbocycles. The maximum atomic E-state index is 12.4. The molecule has 0 unspecified atom stereocenters. The molecule has 0 spiro atoms. The number of rotatable bonds is 5. The van der Waals surface area contributed by atoms with E-state index in [1.165, 1.54) is 11.3 Å². The smallest absolute Gasteiger partial charge is 0.254 e. The van der Waals surface area contributed by atoms with E-state index in [-0.39, 0.29) is 5.91 Å². The summed E-state index contributed by atoms with van der Waals surface area (Å²) in [6.45, 7) is 0.482. The van der Waals surface area contributed by atoms with Crippen LogP contribution in [0.2, 0.25) is 0 Å². The van der Waals surface area contributed by atoms with Gasteiger partial charge < -0.3 is 14.4 Å². The summed E-state index contributed by atoms with van der Waals surface area (Å²) in [5.74, 6) is 1.09. The lowest BCUT2D eigenvalue weighted by atomic mass is 10.1. The van der Waals surface area contributed by atoms with E-state index in [0.29, 0.717) is 23.6 Å². The van der Waals surface area contributed by atoms with E-state index in [1.54, 1.807) is 50.6 Å². The van der Waals surface area contributed by atoms with Crippen LogP contribution in [-0.2, 0) is 6.54 Å². The number of carbonyl (C=O) groups excluding carboxylic acids is 1. The number of thiazole rings is 1. The van der Waals surface area contributed by atoms with Crippen molar-refractivity contribution in [1.29, 1.82) is 0 Å². The summed E-state index contributed by atoms with van der Waals surface area (Å²) in [6, 6.07) is 5.13. The van der Waals surface area contributed by atoms with Gasteiger partial charge in [0.05, 0.1) is 20.8 Å². The first kappa shape index (κ1) is 14.3. The van der Waals surface area contributed by atoms with Gasteiger partial charge in [-0.1, -0.05) is 0 Å². The fourth-order valence-electron chi connectivity index (χ4n) is 1.76. The minimum absolute atomic E-state index is 0.0996. The molecule has 0 saturated carbocycles. The number of aromatic nitrogens is 1. The van der Waals surface area contributed by atoms with Gasteiger partial charge in [0.25, 0.3) is 5.91 Å². The van der Waals surface area contributed by atoms with Gasteiger partial charge in [0.1, 0.15) is 16.5 Å². The van der Waals surface area contributed by atoms with Crippen LogP contribution in [0.4, 0.5) is 0 Å². The number of carbonyl (C=O) groups is 1. The molecular formula is C14H16N2O3S. The predicted molar refractivity (Wildman–Crippen MR) is 77.5 cm³/mol. The Balaban J connectivity index is 2.19. The summed E-state index contributed by atoms with van der Waals surface area (Å²) in [5, 5.41) is 2.79. The monoisotopic (exact) mass is 292 g/mol. The number of amides is 1. The molecule has 5 nitrogen and oxygen atoms in total. The third-order valence-electron chi connectivity index (χ3n) is 2.80. The Morgan fingerprint density at radius 3 is 2.40 bits per heavy atom. The van der Waals surface area contributed by atoms with Gasteiger partial charge in [-0.3, -0.25) is 4.79 Å². The summed E-state index contributed by atoms with van der Waals surface area (Å²) < 4.78 is 10.3. The number of benzene rings is 1. The summed E-state index contributed by atoms with van der Waals surface area (Å²) in [7, 11) is 4.86. The molecular weight excluding hydrogens is 276 g/mol. The second-order valence-corrected chi connectivity index (χ2v) is 5.17. The molecule has 6 heteroatoms. The number of hydrogen-bond donors (Lipinski definition) is 0. The molecule has 0 aliphatic heterocycles. The normalized spacial score (nSPS) is 10.2. The Bertz CT molecular complexity index is 562. The lowest BCUT2D eigenvalue weighted by Gasteiger charge is -2.16. The first-order chi connectivity index (χ1) is 9.63. The zero-order valence-corrected chi connectivity index (χ0v) is 12.4. The highest BCUT2D eigenvalue weighted by atomic mass is 32.1. The van der Waals surface area contributed by atoms with Crippen molar-refractivity contribution < 1.29 is 14.3 Å². The summed E-state index contributed by atoms with van der Waals surface area (Å²) >= 11 is 1.52. The van der Waals surface area contributed by atoms with Crippen molar-refractivity contribution in [2.24, 2.45) is 0 Å². The zero-order valence-electron chi connectivity index (χ0n) is 11.6. The van der Waals surface area contributed by atoms with E-state index in [4.69, 9.17) is 9.47 Å². The Morgan fingerprint density at radius 2 is 1.90 bits per heavy atom. The lowest BCUT2D eigenvalue weighted by Crippen LogP contribution is -2.26. The van der Waals surface area contributed by atoms with Crippen LogP contribution in [0.3, 0.4) is 0 Å². The minimum atomic E-state index is -0.0996. The lowest BCUT2D eigenvalue weighted by molar-refractivity contribution is 0.0784. The van der Waals surface area contributed by atoms with E-state index >= 15 is 0 Å². The standard InChI is InChI=1S/C14H16N2O3S/c1-16(9-13-15-4-5-20-13)14(17)10-6-11(18-2)8-12(7-10)19-3/h4-8H,9H2,1-3H3. The molecule has 1 aromatic carbocycles. The Hall–Kier alpha value is -2.08. The molecule has 2 aromatic rings. The maximum absolute atomic E-state index is 12.4. The average molecular weight is 292 g/mol. The Kier molecular flexibility index (Phi) is 4.57. The average Bonchev–Trinajstić information content (AvgIpc) is 2.98. The summed E-state index contributed by atoms with van der Waals surface area (Å²) in [5.41, 5.74) is 0.528. The van der Waals surface area contributed by atoms with Gasteiger partial charge in [0.15, 0.2) is 0 Å². The molecule has 20 heavy (non-hydrogen) atoms. The fourth-order valence-corrected chi connectivity index (χ4v) is 2.43. The van der Waals surface area contributed by atoms with Gasteiger partial charge in [-0.25, -0.2) is 4.98 Å². The molecule has 0 radical (unpaired) electrons.